The summed E-state index contributed by atoms with van der Waals surface area (Å²) in [4.78, 5) is 14.1. The molecular formula is C20H23NO2. The maximum absolute atomic E-state index is 12.3. The zero-order chi connectivity index (χ0) is 16.3. The van der Waals surface area contributed by atoms with Crippen molar-refractivity contribution in [3.63, 3.8) is 0 Å². The molecule has 0 aliphatic rings. The van der Waals surface area contributed by atoms with Crippen molar-refractivity contribution < 1.29 is 9.53 Å². The quantitative estimate of drug-likeness (QED) is 0.664. The summed E-state index contributed by atoms with van der Waals surface area (Å²) in [5.41, 5.74) is 2.29. The molecule has 0 bridgehead atoms. The molecule has 0 radical (unpaired) electrons. The summed E-state index contributed by atoms with van der Waals surface area (Å²) in [7, 11) is 0. The Kier molecular flexibility index (Phi) is 7.08. The van der Waals surface area contributed by atoms with E-state index in [4.69, 9.17) is 4.74 Å². The van der Waals surface area contributed by atoms with Crippen molar-refractivity contribution in [3.8, 4) is 0 Å². The zero-order valence-corrected chi connectivity index (χ0v) is 13.4. The molecule has 1 amide bonds. The number of benzene rings is 2. The molecule has 0 aromatic heterocycles. The summed E-state index contributed by atoms with van der Waals surface area (Å²) in [6.07, 6.45) is 2.58. The standard InChI is InChI=1S/C20H23NO2/c1-2-14-21(15-13-18-9-5-3-6-10-18)20(22)17-23-16-19-11-7-4-8-12-19/h2-12H,1,13-17H2. The molecule has 0 aliphatic carbocycles. The van der Waals surface area contributed by atoms with Crippen molar-refractivity contribution in [3.05, 3.63) is 84.4 Å². The highest BCUT2D eigenvalue weighted by molar-refractivity contribution is 5.77. The van der Waals surface area contributed by atoms with E-state index in [1.807, 2.05) is 48.5 Å². The molecule has 0 spiro atoms. The van der Waals surface area contributed by atoms with Crippen LogP contribution in [0.1, 0.15) is 11.1 Å². The number of carbonyl (C=O) groups is 1. The Bertz CT molecular complexity index is 596. The fraction of sp³-hybridized carbons (Fsp3) is 0.250. The molecule has 3 heteroatoms. The summed E-state index contributed by atoms with van der Waals surface area (Å²) < 4.78 is 5.54. The lowest BCUT2D eigenvalue weighted by Gasteiger charge is -2.21. The predicted molar refractivity (Wildman–Crippen MR) is 93.0 cm³/mol. The van der Waals surface area contributed by atoms with Crippen molar-refractivity contribution in [1.29, 1.82) is 0 Å². The molecule has 0 fully saturated rings. The number of hydrogen-bond donors (Lipinski definition) is 0. The number of amides is 1. The van der Waals surface area contributed by atoms with E-state index in [0.717, 1.165) is 12.0 Å². The van der Waals surface area contributed by atoms with Gasteiger partial charge in [-0.15, -0.1) is 6.58 Å². The maximum atomic E-state index is 12.3. The molecule has 2 rings (SSSR count). The summed E-state index contributed by atoms with van der Waals surface area (Å²) in [5, 5.41) is 0. The molecule has 0 saturated carbocycles. The van der Waals surface area contributed by atoms with Gasteiger partial charge in [0.15, 0.2) is 0 Å². The fourth-order valence-corrected chi connectivity index (χ4v) is 2.30. The molecule has 23 heavy (non-hydrogen) atoms. The minimum absolute atomic E-state index is 0.00300. The molecule has 120 valence electrons. The smallest absolute Gasteiger partial charge is 0.248 e. The van der Waals surface area contributed by atoms with E-state index in [2.05, 4.69) is 18.7 Å². The first-order chi connectivity index (χ1) is 11.3. The number of nitrogens with zero attached hydrogens (tertiary/aromatic N) is 1. The highest BCUT2D eigenvalue weighted by atomic mass is 16.5. The van der Waals surface area contributed by atoms with Gasteiger partial charge in [0.2, 0.25) is 5.91 Å². The maximum Gasteiger partial charge on any atom is 0.248 e. The van der Waals surface area contributed by atoms with Crippen LogP contribution in [-0.4, -0.2) is 30.5 Å². The average molecular weight is 309 g/mol. The Morgan fingerprint density at radius 1 is 1.00 bits per heavy atom. The molecule has 0 aliphatic heterocycles. The van der Waals surface area contributed by atoms with Crippen LogP contribution in [0.2, 0.25) is 0 Å². The van der Waals surface area contributed by atoms with Crippen molar-refractivity contribution in [2.45, 2.75) is 13.0 Å². The van der Waals surface area contributed by atoms with Crippen LogP contribution in [-0.2, 0) is 22.6 Å². The van der Waals surface area contributed by atoms with E-state index in [1.54, 1.807) is 11.0 Å². The van der Waals surface area contributed by atoms with Gasteiger partial charge in [0, 0.05) is 13.1 Å². The molecule has 0 heterocycles. The largest absolute Gasteiger partial charge is 0.367 e. The Hall–Kier alpha value is -2.39. The number of rotatable bonds is 9. The monoisotopic (exact) mass is 309 g/mol. The van der Waals surface area contributed by atoms with Crippen LogP contribution < -0.4 is 0 Å². The first-order valence-corrected chi connectivity index (χ1v) is 7.84. The third-order valence-electron chi connectivity index (χ3n) is 3.55. The van der Waals surface area contributed by atoms with Crippen LogP contribution >= 0.6 is 0 Å². The third-order valence-corrected chi connectivity index (χ3v) is 3.55. The normalized spacial score (nSPS) is 10.3. The summed E-state index contributed by atoms with van der Waals surface area (Å²) >= 11 is 0. The van der Waals surface area contributed by atoms with Gasteiger partial charge in [-0.3, -0.25) is 4.79 Å². The van der Waals surface area contributed by atoms with Crippen LogP contribution in [0.25, 0.3) is 0 Å². The molecule has 0 atom stereocenters. The molecule has 3 nitrogen and oxygen atoms in total. The van der Waals surface area contributed by atoms with E-state index >= 15 is 0 Å². The van der Waals surface area contributed by atoms with Gasteiger partial charge in [-0.25, -0.2) is 0 Å². The first-order valence-electron chi connectivity index (χ1n) is 7.84. The Morgan fingerprint density at radius 3 is 2.22 bits per heavy atom. The van der Waals surface area contributed by atoms with Crippen LogP contribution in [0.15, 0.2) is 73.3 Å². The molecular weight excluding hydrogens is 286 g/mol. The minimum Gasteiger partial charge on any atom is -0.367 e. The number of hydrogen-bond acceptors (Lipinski definition) is 2. The Balaban J connectivity index is 1.79. The summed E-state index contributed by atoms with van der Waals surface area (Å²) in [5.74, 6) is -0.00300. The number of carbonyl (C=O) groups excluding carboxylic acids is 1. The SMILES string of the molecule is C=CCN(CCc1ccccc1)C(=O)COCc1ccccc1. The van der Waals surface area contributed by atoms with E-state index in [9.17, 15) is 4.79 Å². The van der Waals surface area contributed by atoms with Crippen molar-refractivity contribution >= 4 is 5.91 Å². The molecule has 0 saturated heterocycles. The fourth-order valence-electron chi connectivity index (χ4n) is 2.30. The Labute approximate surface area is 138 Å². The van der Waals surface area contributed by atoms with Crippen molar-refractivity contribution in [2.75, 3.05) is 19.7 Å². The minimum atomic E-state index is -0.00300. The molecule has 0 N–H and O–H groups in total. The van der Waals surface area contributed by atoms with Gasteiger partial charge in [0.1, 0.15) is 6.61 Å². The molecule has 0 unspecified atom stereocenters. The van der Waals surface area contributed by atoms with E-state index in [1.165, 1.54) is 5.56 Å². The second kappa shape index (κ2) is 9.59. The van der Waals surface area contributed by atoms with Crippen LogP contribution in [0, 0.1) is 0 Å². The number of ether oxygens (including phenoxy) is 1. The van der Waals surface area contributed by atoms with Crippen LogP contribution in [0.3, 0.4) is 0 Å². The second-order valence-corrected chi connectivity index (χ2v) is 5.34. The lowest BCUT2D eigenvalue weighted by molar-refractivity contribution is -0.136. The zero-order valence-electron chi connectivity index (χ0n) is 13.4. The van der Waals surface area contributed by atoms with Gasteiger partial charge in [0.05, 0.1) is 6.61 Å². The van der Waals surface area contributed by atoms with E-state index in [0.29, 0.717) is 19.7 Å². The highest BCUT2D eigenvalue weighted by Crippen LogP contribution is 2.04. The summed E-state index contributed by atoms with van der Waals surface area (Å²) in [6.45, 7) is 5.49. The van der Waals surface area contributed by atoms with Crippen molar-refractivity contribution in [1.82, 2.24) is 4.90 Å². The Morgan fingerprint density at radius 2 is 1.61 bits per heavy atom. The van der Waals surface area contributed by atoms with Gasteiger partial charge < -0.3 is 9.64 Å². The lowest BCUT2D eigenvalue weighted by Crippen LogP contribution is -2.35. The third kappa shape index (κ3) is 6.09. The second-order valence-electron chi connectivity index (χ2n) is 5.34. The highest BCUT2D eigenvalue weighted by Gasteiger charge is 2.12. The summed E-state index contributed by atoms with van der Waals surface area (Å²) in [6, 6.07) is 20.0. The van der Waals surface area contributed by atoms with E-state index in [-0.39, 0.29) is 12.5 Å². The van der Waals surface area contributed by atoms with Crippen LogP contribution in [0.5, 0.6) is 0 Å². The van der Waals surface area contributed by atoms with Crippen LogP contribution in [0.4, 0.5) is 0 Å². The molecule has 2 aromatic rings. The van der Waals surface area contributed by atoms with E-state index < -0.39 is 0 Å². The average Bonchev–Trinajstić information content (AvgIpc) is 2.60. The lowest BCUT2D eigenvalue weighted by atomic mass is 10.1. The van der Waals surface area contributed by atoms with Gasteiger partial charge >= 0.3 is 0 Å². The van der Waals surface area contributed by atoms with Crippen molar-refractivity contribution in [2.24, 2.45) is 0 Å². The van der Waals surface area contributed by atoms with Gasteiger partial charge in [-0.05, 0) is 17.5 Å². The van der Waals surface area contributed by atoms with Gasteiger partial charge in [-0.2, -0.15) is 0 Å². The van der Waals surface area contributed by atoms with Gasteiger partial charge in [-0.1, -0.05) is 66.7 Å². The first kappa shape index (κ1) is 17.0. The molecule has 2 aromatic carbocycles. The topological polar surface area (TPSA) is 29.5 Å². The van der Waals surface area contributed by atoms with Gasteiger partial charge in [0.25, 0.3) is 0 Å². The predicted octanol–water partition coefficient (Wildman–Crippen LogP) is 3.46.